The van der Waals surface area contributed by atoms with Crippen molar-refractivity contribution in [2.45, 2.75) is 50.7 Å². The molecule has 0 heterocycles. The lowest BCUT2D eigenvalue weighted by molar-refractivity contribution is -0.127. The average molecular weight is 275 g/mol. The Labute approximate surface area is 118 Å². The molecule has 2 aliphatic carbocycles. The number of carbonyl (C=O) groups is 1. The summed E-state index contributed by atoms with van der Waals surface area (Å²) in [7, 11) is 0. The van der Waals surface area contributed by atoms with Crippen LogP contribution in [0.4, 0.5) is 0 Å². The monoisotopic (exact) mass is 275 g/mol. The van der Waals surface area contributed by atoms with Crippen LogP contribution in [0.1, 0.15) is 49.8 Å². The molecule has 2 aliphatic rings. The van der Waals surface area contributed by atoms with E-state index >= 15 is 0 Å². The number of phenols is 1. The van der Waals surface area contributed by atoms with E-state index in [1.54, 1.807) is 19.1 Å². The Morgan fingerprint density at radius 1 is 1.40 bits per heavy atom. The third kappa shape index (κ3) is 2.52. The highest BCUT2D eigenvalue weighted by Crippen LogP contribution is 2.41. The lowest BCUT2D eigenvalue weighted by atomic mass is 9.95. The minimum absolute atomic E-state index is 0.0420. The molecule has 1 fully saturated rings. The summed E-state index contributed by atoms with van der Waals surface area (Å²) < 4.78 is 0. The molecule has 3 N–H and O–H groups in total. The summed E-state index contributed by atoms with van der Waals surface area (Å²) in [6.07, 6.45) is 3.78. The molecule has 1 aromatic carbocycles. The number of rotatable bonds is 4. The average Bonchev–Trinajstić information content (AvgIpc) is 3.14. The second-order valence-electron chi connectivity index (χ2n) is 6.31. The number of nitrogens with one attached hydrogen (secondary N) is 1. The molecule has 0 saturated heterocycles. The Morgan fingerprint density at radius 2 is 2.15 bits per heavy atom. The largest absolute Gasteiger partial charge is 0.508 e. The second-order valence-corrected chi connectivity index (χ2v) is 6.31. The number of hydrogen-bond acceptors (Lipinski definition) is 3. The fourth-order valence-corrected chi connectivity index (χ4v) is 3.20. The number of aromatic hydroxyl groups is 1. The molecule has 0 radical (unpaired) electrons. The molecule has 1 saturated carbocycles. The zero-order valence-electron chi connectivity index (χ0n) is 11.7. The van der Waals surface area contributed by atoms with Gasteiger partial charge in [-0.05, 0) is 55.7 Å². The zero-order chi connectivity index (χ0) is 14.3. The first-order valence-corrected chi connectivity index (χ1v) is 7.30. The third-order valence-corrected chi connectivity index (χ3v) is 4.56. The van der Waals surface area contributed by atoms with Crippen molar-refractivity contribution in [1.29, 1.82) is 0 Å². The van der Waals surface area contributed by atoms with E-state index in [2.05, 4.69) is 5.32 Å². The van der Waals surface area contributed by atoms with Crippen LogP contribution in [0.3, 0.4) is 0 Å². The maximum absolute atomic E-state index is 12.1. The van der Waals surface area contributed by atoms with Gasteiger partial charge in [-0.15, -0.1) is 0 Å². The molecule has 0 bridgehead atoms. The van der Waals surface area contributed by atoms with E-state index in [1.807, 2.05) is 6.07 Å². The van der Waals surface area contributed by atoms with Crippen LogP contribution in [0.15, 0.2) is 18.2 Å². The Balaban J connectivity index is 1.65. The van der Waals surface area contributed by atoms with E-state index in [0.717, 1.165) is 36.8 Å². The zero-order valence-corrected chi connectivity index (χ0v) is 11.7. The van der Waals surface area contributed by atoms with Gasteiger partial charge in [0.15, 0.2) is 0 Å². The minimum Gasteiger partial charge on any atom is -0.508 e. The molecule has 0 aromatic heterocycles. The highest BCUT2D eigenvalue weighted by Gasteiger charge is 2.41. The Hall–Kier alpha value is -1.55. The molecule has 4 heteroatoms. The van der Waals surface area contributed by atoms with Gasteiger partial charge in [0.1, 0.15) is 5.75 Å². The van der Waals surface area contributed by atoms with Gasteiger partial charge in [-0.3, -0.25) is 4.79 Å². The van der Waals surface area contributed by atoms with Crippen molar-refractivity contribution in [3.05, 3.63) is 29.3 Å². The normalized spacial score (nSPS) is 24.0. The van der Waals surface area contributed by atoms with Crippen LogP contribution in [-0.2, 0) is 11.2 Å². The van der Waals surface area contributed by atoms with E-state index in [0.29, 0.717) is 5.75 Å². The lowest BCUT2D eigenvalue weighted by Gasteiger charge is -2.23. The topological polar surface area (TPSA) is 69.6 Å². The fraction of sp³-hybridized carbons (Fsp3) is 0.562. The van der Waals surface area contributed by atoms with Crippen LogP contribution in [0.5, 0.6) is 5.75 Å². The van der Waals surface area contributed by atoms with Crippen molar-refractivity contribution in [1.82, 2.24) is 5.32 Å². The second kappa shape index (κ2) is 4.77. The van der Waals surface area contributed by atoms with Crippen molar-refractivity contribution in [2.75, 3.05) is 0 Å². The van der Waals surface area contributed by atoms with Crippen molar-refractivity contribution in [2.24, 2.45) is 5.92 Å². The number of aliphatic hydroxyl groups is 1. The Morgan fingerprint density at radius 3 is 2.85 bits per heavy atom. The summed E-state index contributed by atoms with van der Waals surface area (Å²) >= 11 is 0. The predicted octanol–water partition coefficient (Wildman–Crippen LogP) is 2.05. The van der Waals surface area contributed by atoms with E-state index in [1.165, 1.54) is 0 Å². The minimum atomic E-state index is -0.885. The SMILES string of the molecule is CC(O)(CC(=O)NC1CCc2c(O)cccc21)C1CC1. The van der Waals surface area contributed by atoms with E-state index < -0.39 is 5.60 Å². The highest BCUT2D eigenvalue weighted by molar-refractivity contribution is 5.78. The van der Waals surface area contributed by atoms with Gasteiger partial charge in [-0.1, -0.05) is 12.1 Å². The van der Waals surface area contributed by atoms with Gasteiger partial charge >= 0.3 is 0 Å². The van der Waals surface area contributed by atoms with Crippen molar-refractivity contribution in [3.63, 3.8) is 0 Å². The number of benzene rings is 1. The first kappa shape index (κ1) is 13.4. The predicted molar refractivity (Wildman–Crippen MR) is 75.3 cm³/mol. The molecule has 1 aromatic rings. The van der Waals surface area contributed by atoms with Crippen LogP contribution in [0.25, 0.3) is 0 Å². The molecule has 1 amide bonds. The first-order chi connectivity index (χ1) is 9.47. The molecular formula is C16H21NO3. The fourth-order valence-electron chi connectivity index (χ4n) is 3.20. The lowest BCUT2D eigenvalue weighted by Crippen LogP contribution is -2.37. The summed E-state index contributed by atoms with van der Waals surface area (Å²) in [4.78, 5) is 12.1. The van der Waals surface area contributed by atoms with Gasteiger partial charge in [-0.25, -0.2) is 0 Å². The molecule has 2 unspecified atom stereocenters. The van der Waals surface area contributed by atoms with E-state index in [-0.39, 0.29) is 24.3 Å². The van der Waals surface area contributed by atoms with Gasteiger partial charge in [0.05, 0.1) is 18.1 Å². The number of carbonyl (C=O) groups excluding carboxylic acids is 1. The molecule has 4 nitrogen and oxygen atoms in total. The van der Waals surface area contributed by atoms with Crippen LogP contribution < -0.4 is 5.32 Å². The number of fused-ring (bicyclic) bond motifs is 1. The van der Waals surface area contributed by atoms with Gasteiger partial charge < -0.3 is 15.5 Å². The third-order valence-electron chi connectivity index (χ3n) is 4.56. The smallest absolute Gasteiger partial charge is 0.223 e. The molecule has 0 spiro atoms. The van der Waals surface area contributed by atoms with Crippen LogP contribution in [-0.4, -0.2) is 21.7 Å². The number of hydrogen-bond donors (Lipinski definition) is 3. The van der Waals surface area contributed by atoms with Crippen LogP contribution in [0.2, 0.25) is 0 Å². The van der Waals surface area contributed by atoms with Crippen molar-refractivity contribution < 1.29 is 15.0 Å². The Bertz CT molecular complexity index is 535. The summed E-state index contributed by atoms with van der Waals surface area (Å²) in [5.41, 5.74) is 1.06. The quantitative estimate of drug-likeness (QED) is 0.787. The summed E-state index contributed by atoms with van der Waals surface area (Å²) in [5.74, 6) is 0.473. The number of phenolic OH excluding ortho intramolecular Hbond substituents is 1. The maximum atomic E-state index is 12.1. The molecule has 2 atom stereocenters. The van der Waals surface area contributed by atoms with Gasteiger partial charge in [-0.2, -0.15) is 0 Å². The molecule has 20 heavy (non-hydrogen) atoms. The molecule has 0 aliphatic heterocycles. The van der Waals surface area contributed by atoms with Gasteiger partial charge in [0.2, 0.25) is 5.91 Å². The van der Waals surface area contributed by atoms with Crippen LogP contribution in [0, 0.1) is 5.92 Å². The first-order valence-electron chi connectivity index (χ1n) is 7.30. The maximum Gasteiger partial charge on any atom is 0.223 e. The van der Waals surface area contributed by atoms with E-state index in [9.17, 15) is 15.0 Å². The Kier molecular flexibility index (Phi) is 3.21. The number of amides is 1. The standard InChI is InChI=1S/C16H21NO3/c1-16(20,10-5-6-10)9-15(19)17-13-8-7-12-11(13)3-2-4-14(12)18/h2-4,10,13,18,20H,5-9H2,1H3,(H,17,19). The van der Waals surface area contributed by atoms with Crippen molar-refractivity contribution in [3.8, 4) is 5.75 Å². The van der Waals surface area contributed by atoms with Gasteiger partial charge in [0.25, 0.3) is 0 Å². The van der Waals surface area contributed by atoms with E-state index in [4.69, 9.17) is 0 Å². The molecule has 108 valence electrons. The molecule has 3 rings (SSSR count). The summed E-state index contributed by atoms with van der Waals surface area (Å²) in [6, 6.07) is 5.39. The molecular weight excluding hydrogens is 254 g/mol. The summed E-state index contributed by atoms with van der Waals surface area (Å²) in [6.45, 7) is 1.75. The van der Waals surface area contributed by atoms with Crippen molar-refractivity contribution >= 4 is 5.91 Å². The summed E-state index contributed by atoms with van der Waals surface area (Å²) in [5, 5.41) is 23.0. The van der Waals surface area contributed by atoms with Crippen LogP contribution >= 0.6 is 0 Å². The van der Waals surface area contributed by atoms with Gasteiger partial charge in [0, 0.05) is 0 Å². The highest BCUT2D eigenvalue weighted by atomic mass is 16.3.